The highest BCUT2D eigenvalue weighted by Crippen LogP contribution is 2.15. The van der Waals surface area contributed by atoms with E-state index in [0.29, 0.717) is 25.0 Å². The second-order valence-electron chi connectivity index (χ2n) is 5.49. The minimum absolute atomic E-state index is 0.0913. The van der Waals surface area contributed by atoms with Crippen LogP contribution >= 0.6 is 0 Å². The molecule has 0 aromatic heterocycles. The summed E-state index contributed by atoms with van der Waals surface area (Å²) >= 11 is 0. The molecule has 0 amide bonds. The first-order valence-corrected chi connectivity index (χ1v) is 9.51. The molecule has 0 heterocycles. The Morgan fingerprint density at radius 3 is 2.61 bits per heavy atom. The molecule has 0 saturated heterocycles. The Balaban J connectivity index is 2.37. The molecule has 0 aliphatic heterocycles. The van der Waals surface area contributed by atoms with E-state index in [2.05, 4.69) is 58.5 Å². The van der Waals surface area contributed by atoms with Crippen LogP contribution in [0.1, 0.15) is 30.9 Å². The van der Waals surface area contributed by atoms with Crippen LogP contribution in [0.3, 0.4) is 0 Å². The average molecular weight is 340 g/mol. The number of aliphatic imine (C=N–C) groups is 1. The van der Waals surface area contributed by atoms with Gasteiger partial charge < -0.3 is 10.6 Å². The van der Waals surface area contributed by atoms with Gasteiger partial charge >= 0.3 is 0 Å². The van der Waals surface area contributed by atoms with E-state index in [0.717, 1.165) is 6.54 Å². The largest absolute Gasteiger partial charge is 0.356 e. The lowest BCUT2D eigenvalue weighted by Crippen LogP contribution is -2.42. The molecule has 1 aromatic rings. The number of guanidine groups is 1. The first-order chi connectivity index (χ1) is 10.9. The zero-order valence-corrected chi connectivity index (χ0v) is 15.2. The van der Waals surface area contributed by atoms with Crippen LogP contribution in [0.25, 0.3) is 0 Å². The van der Waals surface area contributed by atoms with E-state index >= 15 is 0 Å². The molecule has 0 saturated carbocycles. The summed E-state index contributed by atoms with van der Waals surface area (Å²) in [5, 5.41) is 6.36. The molecule has 0 aliphatic carbocycles. The first-order valence-electron chi connectivity index (χ1n) is 7.86. The fourth-order valence-corrected chi connectivity index (χ4v) is 2.67. The lowest BCUT2D eigenvalue weighted by molar-refractivity contribution is 0.581. The van der Waals surface area contributed by atoms with Crippen LogP contribution in [-0.2, 0) is 10.0 Å². The van der Waals surface area contributed by atoms with Gasteiger partial charge in [-0.25, -0.2) is 13.1 Å². The average Bonchev–Trinajstić information content (AvgIpc) is 2.54. The second-order valence-corrected chi connectivity index (χ2v) is 7.59. The van der Waals surface area contributed by atoms with Crippen LogP contribution < -0.4 is 15.4 Å². The van der Waals surface area contributed by atoms with Gasteiger partial charge in [0.15, 0.2) is 5.96 Å². The summed E-state index contributed by atoms with van der Waals surface area (Å²) in [6.45, 7) is 7.43. The molecular weight excluding hydrogens is 312 g/mol. The second kappa shape index (κ2) is 9.52. The van der Waals surface area contributed by atoms with Crippen LogP contribution in [0.15, 0.2) is 29.3 Å². The van der Waals surface area contributed by atoms with E-state index in [1.54, 1.807) is 14.0 Å². The van der Waals surface area contributed by atoms with Crippen molar-refractivity contribution in [2.24, 2.45) is 4.99 Å². The summed E-state index contributed by atoms with van der Waals surface area (Å²) in [6.07, 6.45) is 0. The first kappa shape index (κ1) is 19.4. The Kier molecular flexibility index (Phi) is 8.05. The van der Waals surface area contributed by atoms with Crippen molar-refractivity contribution in [3.8, 4) is 0 Å². The van der Waals surface area contributed by atoms with Gasteiger partial charge in [-0.05, 0) is 25.3 Å². The van der Waals surface area contributed by atoms with Crippen LogP contribution in [0.4, 0.5) is 0 Å². The number of hydrogen-bond acceptors (Lipinski definition) is 3. The van der Waals surface area contributed by atoms with Crippen LogP contribution in [-0.4, -0.2) is 46.8 Å². The molecule has 7 heteroatoms. The molecule has 1 atom stereocenters. The van der Waals surface area contributed by atoms with Crippen LogP contribution in [0.5, 0.6) is 0 Å². The lowest BCUT2D eigenvalue weighted by atomic mass is 9.99. The van der Waals surface area contributed by atoms with Crippen molar-refractivity contribution in [3.63, 3.8) is 0 Å². The number of hydrogen-bond donors (Lipinski definition) is 3. The summed E-state index contributed by atoms with van der Waals surface area (Å²) in [6, 6.07) is 8.45. The Morgan fingerprint density at radius 2 is 2.00 bits per heavy atom. The standard InChI is InChI=1S/C16H28N4O2S/c1-5-23(21,22)20-10-9-18-16(17-4)19-12-14(3)15-8-6-7-13(2)11-15/h6-8,11,14,20H,5,9-10,12H2,1-4H3,(H2,17,18,19). The number of nitrogens with zero attached hydrogens (tertiary/aromatic N) is 1. The molecule has 1 aromatic carbocycles. The molecule has 23 heavy (non-hydrogen) atoms. The highest BCUT2D eigenvalue weighted by molar-refractivity contribution is 7.89. The van der Waals surface area contributed by atoms with Crippen LogP contribution in [0.2, 0.25) is 0 Å². The van der Waals surface area contributed by atoms with Gasteiger partial charge in [0.1, 0.15) is 0 Å². The van der Waals surface area contributed by atoms with Crippen molar-refractivity contribution in [3.05, 3.63) is 35.4 Å². The quantitative estimate of drug-likeness (QED) is 0.377. The predicted molar refractivity (Wildman–Crippen MR) is 96.4 cm³/mol. The molecule has 0 bridgehead atoms. The maximum atomic E-state index is 11.3. The van der Waals surface area contributed by atoms with Gasteiger partial charge in [0.2, 0.25) is 10.0 Å². The van der Waals surface area contributed by atoms with Gasteiger partial charge in [-0.3, -0.25) is 4.99 Å². The highest BCUT2D eigenvalue weighted by Gasteiger charge is 2.08. The number of nitrogens with one attached hydrogen (secondary N) is 3. The SMILES string of the molecule is CCS(=O)(=O)NCCNC(=NC)NCC(C)c1cccc(C)c1. The third-order valence-electron chi connectivity index (χ3n) is 3.53. The van der Waals surface area contributed by atoms with Gasteiger partial charge in [0, 0.05) is 26.7 Å². The van der Waals surface area contributed by atoms with E-state index in [-0.39, 0.29) is 5.75 Å². The summed E-state index contributed by atoms with van der Waals surface area (Å²) in [4.78, 5) is 4.14. The third-order valence-corrected chi connectivity index (χ3v) is 4.93. The zero-order valence-electron chi connectivity index (χ0n) is 14.4. The van der Waals surface area contributed by atoms with Gasteiger partial charge in [0.25, 0.3) is 0 Å². The molecule has 0 aliphatic rings. The minimum atomic E-state index is -3.14. The molecule has 0 radical (unpaired) electrons. The Morgan fingerprint density at radius 1 is 1.26 bits per heavy atom. The van der Waals surface area contributed by atoms with Crippen LogP contribution in [0, 0.1) is 6.92 Å². The molecule has 3 N–H and O–H groups in total. The molecule has 0 spiro atoms. The Hall–Kier alpha value is -1.60. The highest BCUT2D eigenvalue weighted by atomic mass is 32.2. The third kappa shape index (κ3) is 7.47. The fourth-order valence-electron chi connectivity index (χ4n) is 2.05. The molecule has 130 valence electrons. The van der Waals surface area contributed by atoms with Gasteiger partial charge in [-0.15, -0.1) is 0 Å². The number of benzene rings is 1. The van der Waals surface area contributed by atoms with E-state index in [9.17, 15) is 8.42 Å². The lowest BCUT2D eigenvalue weighted by Gasteiger charge is -2.17. The zero-order chi connectivity index (χ0) is 17.3. The molecule has 1 rings (SSSR count). The molecular formula is C16H28N4O2S. The maximum absolute atomic E-state index is 11.3. The van der Waals surface area contributed by atoms with E-state index in [1.165, 1.54) is 11.1 Å². The van der Waals surface area contributed by atoms with Crippen molar-refractivity contribution in [1.82, 2.24) is 15.4 Å². The van der Waals surface area contributed by atoms with Crippen molar-refractivity contribution < 1.29 is 8.42 Å². The van der Waals surface area contributed by atoms with E-state index in [1.807, 2.05) is 0 Å². The summed E-state index contributed by atoms with van der Waals surface area (Å²) in [5.41, 5.74) is 2.53. The minimum Gasteiger partial charge on any atom is -0.356 e. The summed E-state index contributed by atoms with van der Waals surface area (Å²) < 4.78 is 25.2. The summed E-state index contributed by atoms with van der Waals surface area (Å²) in [5.74, 6) is 1.11. The van der Waals surface area contributed by atoms with Crippen molar-refractivity contribution >= 4 is 16.0 Å². The molecule has 6 nitrogen and oxygen atoms in total. The van der Waals surface area contributed by atoms with Gasteiger partial charge in [-0.2, -0.15) is 0 Å². The topological polar surface area (TPSA) is 82.6 Å². The maximum Gasteiger partial charge on any atom is 0.211 e. The van der Waals surface area contributed by atoms with Crippen molar-refractivity contribution in [2.45, 2.75) is 26.7 Å². The number of aryl methyl sites for hydroxylation is 1. The normalized spacial score (nSPS) is 13.7. The van der Waals surface area contributed by atoms with Gasteiger partial charge in [0.05, 0.1) is 5.75 Å². The Bertz CT molecular complexity index is 614. The number of rotatable bonds is 8. The van der Waals surface area contributed by atoms with Gasteiger partial charge in [-0.1, -0.05) is 36.8 Å². The van der Waals surface area contributed by atoms with E-state index in [4.69, 9.17) is 0 Å². The fraction of sp³-hybridized carbons (Fsp3) is 0.562. The molecule has 0 fully saturated rings. The van der Waals surface area contributed by atoms with E-state index < -0.39 is 10.0 Å². The molecule has 1 unspecified atom stereocenters. The Labute approximate surface area is 139 Å². The van der Waals surface area contributed by atoms with Crippen molar-refractivity contribution in [2.75, 3.05) is 32.4 Å². The predicted octanol–water partition coefficient (Wildman–Crippen LogP) is 1.20. The number of sulfonamides is 1. The van der Waals surface area contributed by atoms with Crippen molar-refractivity contribution in [1.29, 1.82) is 0 Å². The summed E-state index contributed by atoms with van der Waals surface area (Å²) in [7, 11) is -1.44. The monoisotopic (exact) mass is 340 g/mol. The smallest absolute Gasteiger partial charge is 0.211 e.